The van der Waals surface area contributed by atoms with Crippen molar-refractivity contribution in [3.63, 3.8) is 0 Å². The van der Waals surface area contributed by atoms with E-state index in [1.807, 2.05) is 20.8 Å². The second kappa shape index (κ2) is 2.90. The molecule has 0 bridgehead atoms. The average molecular weight is 189 g/mol. The molecule has 2 aromatic heterocycles. The van der Waals surface area contributed by atoms with Crippen LogP contribution in [0.25, 0.3) is 11.0 Å². The quantitative estimate of drug-likeness (QED) is 0.678. The van der Waals surface area contributed by atoms with Gasteiger partial charge in [0.25, 0.3) is 5.56 Å². The Hall–Kier alpha value is -1.71. The number of nitrogens with one attached hydrogen (secondary N) is 1. The van der Waals surface area contributed by atoms with Gasteiger partial charge in [-0.05, 0) is 26.3 Å². The normalized spacial score (nSPS) is 10.8. The van der Waals surface area contributed by atoms with Crippen molar-refractivity contribution in [3.8, 4) is 0 Å². The lowest BCUT2D eigenvalue weighted by Gasteiger charge is -2.03. The van der Waals surface area contributed by atoms with E-state index < -0.39 is 0 Å². The van der Waals surface area contributed by atoms with E-state index in [1.54, 1.807) is 6.20 Å². The largest absolute Gasteiger partial charge is 0.327 e. The van der Waals surface area contributed by atoms with Gasteiger partial charge in [0.1, 0.15) is 0 Å². The molecule has 72 valence electrons. The van der Waals surface area contributed by atoms with Gasteiger partial charge in [-0.1, -0.05) is 0 Å². The highest BCUT2D eigenvalue weighted by Gasteiger charge is 2.06. The number of aryl methyl sites for hydroxylation is 3. The molecule has 0 radical (unpaired) electrons. The summed E-state index contributed by atoms with van der Waals surface area (Å²) in [5.41, 5.74) is 3.54. The highest BCUT2D eigenvalue weighted by atomic mass is 16.1. The lowest BCUT2D eigenvalue weighted by molar-refractivity contribution is 1.07. The van der Waals surface area contributed by atoms with Crippen molar-refractivity contribution in [3.05, 3.63) is 33.5 Å². The van der Waals surface area contributed by atoms with E-state index in [0.29, 0.717) is 11.0 Å². The monoisotopic (exact) mass is 189 g/mol. The van der Waals surface area contributed by atoms with Crippen molar-refractivity contribution in [1.29, 1.82) is 0 Å². The molecule has 0 aliphatic rings. The predicted molar refractivity (Wildman–Crippen MR) is 54.4 cm³/mol. The second-order valence-corrected chi connectivity index (χ2v) is 3.39. The maximum Gasteiger partial charge on any atom is 0.276 e. The fourth-order valence-electron chi connectivity index (χ4n) is 1.35. The molecule has 0 atom stereocenters. The highest BCUT2D eigenvalue weighted by Crippen LogP contribution is 2.11. The number of rotatable bonds is 0. The molecule has 0 spiro atoms. The summed E-state index contributed by atoms with van der Waals surface area (Å²) in [4.78, 5) is 22.6. The van der Waals surface area contributed by atoms with Crippen LogP contribution in [0.4, 0.5) is 0 Å². The summed E-state index contributed by atoms with van der Waals surface area (Å²) in [7, 11) is 0. The summed E-state index contributed by atoms with van der Waals surface area (Å²) in [5, 5.41) is 0. The molecular formula is C10H11N3O. The number of aromatic nitrogens is 3. The number of aromatic amines is 1. The van der Waals surface area contributed by atoms with Gasteiger partial charge in [0.2, 0.25) is 0 Å². The predicted octanol–water partition coefficient (Wildman–Crippen LogP) is 1.24. The first kappa shape index (κ1) is 8.87. The molecule has 2 aromatic rings. The van der Waals surface area contributed by atoms with Crippen LogP contribution in [-0.2, 0) is 0 Å². The second-order valence-electron chi connectivity index (χ2n) is 3.39. The number of pyridine rings is 1. The van der Waals surface area contributed by atoms with Crippen LogP contribution >= 0.6 is 0 Å². The minimum Gasteiger partial charge on any atom is -0.327 e. The third-order valence-corrected chi connectivity index (χ3v) is 2.32. The van der Waals surface area contributed by atoms with Gasteiger partial charge in [-0.3, -0.25) is 4.79 Å². The minimum atomic E-state index is -0.179. The topological polar surface area (TPSA) is 58.6 Å². The van der Waals surface area contributed by atoms with Gasteiger partial charge in [-0.2, -0.15) is 0 Å². The maximum atomic E-state index is 11.4. The first-order valence-electron chi connectivity index (χ1n) is 4.43. The third-order valence-electron chi connectivity index (χ3n) is 2.32. The molecular weight excluding hydrogens is 178 g/mol. The molecule has 0 fully saturated rings. The van der Waals surface area contributed by atoms with Crippen LogP contribution in [0, 0.1) is 20.8 Å². The summed E-state index contributed by atoms with van der Waals surface area (Å²) in [6, 6.07) is 0. The van der Waals surface area contributed by atoms with E-state index >= 15 is 0 Å². The average Bonchev–Trinajstić information content (AvgIpc) is 2.15. The van der Waals surface area contributed by atoms with Crippen molar-refractivity contribution >= 4 is 11.0 Å². The molecule has 0 saturated heterocycles. The van der Waals surface area contributed by atoms with Gasteiger partial charge < -0.3 is 4.98 Å². The van der Waals surface area contributed by atoms with Crippen molar-refractivity contribution in [2.75, 3.05) is 0 Å². The molecule has 4 heteroatoms. The molecule has 1 N–H and O–H groups in total. The van der Waals surface area contributed by atoms with Crippen LogP contribution in [0.15, 0.2) is 11.0 Å². The Labute approximate surface area is 81.0 Å². The van der Waals surface area contributed by atoms with Crippen molar-refractivity contribution in [2.45, 2.75) is 20.8 Å². The Balaban J connectivity index is 3.02. The number of hydrogen-bond acceptors (Lipinski definition) is 3. The first-order chi connectivity index (χ1) is 6.59. The number of H-pyrrole nitrogens is 1. The standard InChI is InChI=1S/C10H11N3O/c1-5-4-11-10(14)9-8(5)12-6(2)7(3)13-9/h4H,1-3H3,(H,11,14). The molecule has 2 rings (SSSR count). The van der Waals surface area contributed by atoms with E-state index in [-0.39, 0.29) is 5.56 Å². The zero-order chi connectivity index (χ0) is 10.3. The Morgan fingerprint density at radius 3 is 2.29 bits per heavy atom. The maximum absolute atomic E-state index is 11.4. The van der Waals surface area contributed by atoms with E-state index in [4.69, 9.17) is 0 Å². The van der Waals surface area contributed by atoms with Gasteiger partial charge >= 0.3 is 0 Å². The SMILES string of the molecule is Cc1nc2c(C)c[nH]c(=O)c2nc1C. The van der Waals surface area contributed by atoms with E-state index in [0.717, 1.165) is 17.0 Å². The van der Waals surface area contributed by atoms with Gasteiger partial charge in [0.05, 0.1) is 16.9 Å². The lowest BCUT2D eigenvalue weighted by Crippen LogP contribution is -2.10. The number of fused-ring (bicyclic) bond motifs is 1. The van der Waals surface area contributed by atoms with Gasteiger partial charge in [-0.25, -0.2) is 9.97 Å². The van der Waals surface area contributed by atoms with Crippen molar-refractivity contribution in [1.82, 2.24) is 15.0 Å². The van der Waals surface area contributed by atoms with Crippen LogP contribution in [0.1, 0.15) is 17.0 Å². The molecule has 4 nitrogen and oxygen atoms in total. The lowest BCUT2D eigenvalue weighted by atomic mass is 10.2. The zero-order valence-electron chi connectivity index (χ0n) is 8.38. The van der Waals surface area contributed by atoms with Crippen LogP contribution < -0.4 is 5.56 Å². The van der Waals surface area contributed by atoms with Crippen molar-refractivity contribution < 1.29 is 0 Å². The molecule has 14 heavy (non-hydrogen) atoms. The molecule has 0 amide bonds. The molecule has 0 unspecified atom stereocenters. The summed E-state index contributed by atoms with van der Waals surface area (Å²) >= 11 is 0. The summed E-state index contributed by atoms with van der Waals surface area (Å²) < 4.78 is 0. The molecule has 0 aliphatic carbocycles. The first-order valence-corrected chi connectivity index (χ1v) is 4.43. The van der Waals surface area contributed by atoms with Crippen LogP contribution in [0.5, 0.6) is 0 Å². The van der Waals surface area contributed by atoms with Gasteiger partial charge in [-0.15, -0.1) is 0 Å². The fourth-order valence-corrected chi connectivity index (χ4v) is 1.35. The van der Waals surface area contributed by atoms with E-state index in [9.17, 15) is 4.79 Å². The van der Waals surface area contributed by atoms with Crippen LogP contribution in [-0.4, -0.2) is 15.0 Å². The highest BCUT2D eigenvalue weighted by molar-refractivity contribution is 5.76. The number of nitrogens with zero attached hydrogens (tertiary/aromatic N) is 2. The Morgan fingerprint density at radius 2 is 1.64 bits per heavy atom. The Kier molecular flexibility index (Phi) is 1.84. The Bertz CT molecular complexity index is 557. The molecule has 0 saturated carbocycles. The van der Waals surface area contributed by atoms with E-state index in [1.165, 1.54) is 0 Å². The molecule has 0 aromatic carbocycles. The van der Waals surface area contributed by atoms with Gasteiger partial charge in [0, 0.05) is 6.20 Å². The zero-order valence-corrected chi connectivity index (χ0v) is 8.38. The number of hydrogen-bond donors (Lipinski definition) is 1. The minimum absolute atomic E-state index is 0.179. The smallest absolute Gasteiger partial charge is 0.276 e. The third kappa shape index (κ3) is 1.19. The molecule has 2 heterocycles. The Morgan fingerprint density at radius 1 is 1.07 bits per heavy atom. The van der Waals surface area contributed by atoms with Crippen LogP contribution in [0.2, 0.25) is 0 Å². The summed E-state index contributed by atoms with van der Waals surface area (Å²) in [6.07, 6.45) is 1.66. The fraction of sp³-hybridized carbons (Fsp3) is 0.300. The van der Waals surface area contributed by atoms with Crippen molar-refractivity contribution in [2.24, 2.45) is 0 Å². The van der Waals surface area contributed by atoms with Gasteiger partial charge in [0.15, 0.2) is 5.52 Å². The van der Waals surface area contributed by atoms with Crippen LogP contribution in [0.3, 0.4) is 0 Å². The summed E-state index contributed by atoms with van der Waals surface area (Å²) in [5.74, 6) is 0. The molecule has 0 aliphatic heterocycles. The summed E-state index contributed by atoms with van der Waals surface area (Å²) in [6.45, 7) is 5.65. The van der Waals surface area contributed by atoms with E-state index in [2.05, 4.69) is 15.0 Å².